The lowest BCUT2D eigenvalue weighted by atomic mass is 10.1. The van der Waals surface area contributed by atoms with Crippen LogP contribution in [0.2, 0.25) is 0 Å². The molecule has 0 radical (unpaired) electrons. The van der Waals surface area contributed by atoms with Crippen molar-refractivity contribution in [3.8, 4) is 17.2 Å². The number of hydrogen-bond acceptors (Lipinski definition) is 6. The fourth-order valence-corrected chi connectivity index (χ4v) is 4.78. The van der Waals surface area contributed by atoms with Crippen molar-refractivity contribution in [3.05, 3.63) is 95.7 Å². The molecule has 10 heteroatoms. The summed E-state index contributed by atoms with van der Waals surface area (Å²) in [4.78, 5) is 4.25. The molecular formula is C24H19F3N2O4S. The Kier molecular flexibility index (Phi) is 6.20. The first-order chi connectivity index (χ1) is 16.1. The van der Waals surface area contributed by atoms with Gasteiger partial charge in [-0.05, 0) is 48.4 Å². The van der Waals surface area contributed by atoms with Gasteiger partial charge in [0.05, 0.1) is 10.9 Å². The number of rotatable bonds is 6. The molecule has 1 heterocycles. The van der Waals surface area contributed by atoms with Crippen LogP contribution in [0.4, 0.5) is 13.2 Å². The second-order valence-corrected chi connectivity index (χ2v) is 9.28. The molecule has 2 N–H and O–H groups in total. The van der Waals surface area contributed by atoms with Crippen LogP contribution in [0.15, 0.2) is 93.2 Å². The lowest BCUT2D eigenvalue weighted by molar-refractivity contribution is -0.274. The van der Waals surface area contributed by atoms with Crippen LogP contribution in [-0.4, -0.2) is 19.8 Å². The standard InChI is InChI=1S/C24H19F3N2O4S/c1-15-8-5-6-13-19(15)22-29-23(34(30,31)18-11-3-2-4-12-18)21(32-22)20(28)16-9-7-10-17(14-16)33-24(25,26)27/h2-14,20H,28H2,1H3. The van der Waals surface area contributed by atoms with Crippen LogP contribution in [0.5, 0.6) is 5.75 Å². The third-order valence-electron chi connectivity index (χ3n) is 5.04. The van der Waals surface area contributed by atoms with E-state index in [2.05, 4.69) is 9.72 Å². The van der Waals surface area contributed by atoms with Crippen LogP contribution in [0.3, 0.4) is 0 Å². The normalized spacial score (nSPS) is 13.0. The van der Waals surface area contributed by atoms with Crippen LogP contribution >= 0.6 is 0 Å². The van der Waals surface area contributed by atoms with Gasteiger partial charge in [-0.1, -0.05) is 48.5 Å². The Hall–Kier alpha value is -3.63. The summed E-state index contributed by atoms with van der Waals surface area (Å²) in [6.45, 7) is 1.81. The molecule has 176 valence electrons. The van der Waals surface area contributed by atoms with Gasteiger partial charge in [-0.25, -0.2) is 8.42 Å². The maximum absolute atomic E-state index is 13.4. The lowest BCUT2D eigenvalue weighted by Gasteiger charge is -2.14. The second kappa shape index (κ2) is 8.96. The minimum Gasteiger partial charge on any atom is -0.438 e. The molecular weight excluding hydrogens is 469 g/mol. The molecule has 34 heavy (non-hydrogen) atoms. The summed E-state index contributed by atoms with van der Waals surface area (Å²) < 4.78 is 74.7. The van der Waals surface area contributed by atoms with Crippen molar-refractivity contribution in [2.24, 2.45) is 5.73 Å². The first kappa shape index (κ1) is 23.5. The van der Waals surface area contributed by atoms with Crippen molar-refractivity contribution >= 4 is 9.84 Å². The van der Waals surface area contributed by atoms with E-state index < -0.39 is 33.0 Å². The molecule has 1 unspecified atom stereocenters. The number of hydrogen-bond donors (Lipinski definition) is 1. The first-order valence-electron chi connectivity index (χ1n) is 10.0. The van der Waals surface area contributed by atoms with Gasteiger partial charge in [-0.3, -0.25) is 0 Å². The Morgan fingerprint density at radius 2 is 1.65 bits per heavy atom. The monoisotopic (exact) mass is 488 g/mol. The summed E-state index contributed by atoms with van der Waals surface area (Å²) in [6.07, 6.45) is -4.89. The molecule has 0 fully saturated rings. The summed E-state index contributed by atoms with van der Waals surface area (Å²) in [5.41, 5.74) is 7.81. The zero-order chi connectivity index (χ0) is 24.5. The molecule has 0 bridgehead atoms. The molecule has 1 atom stereocenters. The van der Waals surface area contributed by atoms with E-state index in [1.165, 1.54) is 24.3 Å². The van der Waals surface area contributed by atoms with E-state index >= 15 is 0 Å². The van der Waals surface area contributed by atoms with Crippen LogP contribution in [0.1, 0.15) is 22.9 Å². The van der Waals surface area contributed by atoms with Crippen molar-refractivity contribution in [2.45, 2.75) is 29.2 Å². The number of ether oxygens (including phenoxy) is 1. The Labute approximate surface area is 193 Å². The number of oxazole rings is 1. The van der Waals surface area contributed by atoms with Crippen LogP contribution < -0.4 is 10.5 Å². The zero-order valence-corrected chi connectivity index (χ0v) is 18.6. The number of alkyl halides is 3. The average Bonchev–Trinajstić information content (AvgIpc) is 3.24. The molecule has 6 nitrogen and oxygen atoms in total. The van der Waals surface area contributed by atoms with Gasteiger partial charge in [0.25, 0.3) is 0 Å². The van der Waals surface area contributed by atoms with Crippen LogP contribution in [-0.2, 0) is 9.84 Å². The Bertz CT molecular complexity index is 1420. The lowest BCUT2D eigenvalue weighted by Crippen LogP contribution is -2.18. The molecule has 1 aromatic heterocycles. The maximum atomic E-state index is 13.4. The van der Waals surface area contributed by atoms with E-state index in [1.54, 1.807) is 30.3 Å². The summed E-state index contributed by atoms with van der Waals surface area (Å²) in [7, 11) is -4.16. The maximum Gasteiger partial charge on any atom is 0.573 e. The SMILES string of the molecule is Cc1ccccc1-c1nc(S(=O)(=O)c2ccccc2)c(C(N)c2cccc(OC(F)(F)F)c2)o1. The molecule has 0 spiro atoms. The number of aryl methyl sites for hydroxylation is 1. The van der Waals surface area contributed by atoms with Crippen molar-refractivity contribution in [1.82, 2.24) is 4.98 Å². The van der Waals surface area contributed by atoms with Gasteiger partial charge in [-0.2, -0.15) is 4.98 Å². The zero-order valence-electron chi connectivity index (χ0n) is 17.8. The Morgan fingerprint density at radius 1 is 0.971 bits per heavy atom. The quantitative estimate of drug-likeness (QED) is 0.389. The third-order valence-corrected chi connectivity index (χ3v) is 6.73. The van der Waals surface area contributed by atoms with Gasteiger partial charge >= 0.3 is 6.36 Å². The van der Waals surface area contributed by atoms with E-state index in [1.807, 2.05) is 19.1 Å². The topological polar surface area (TPSA) is 95.4 Å². The largest absolute Gasteiger partial charge is 0.573 e. The van der Waals surface area contributed by atoms with Gasteiger partial charge in [0.2, 0.25) is 20.8 Å². The van der Waals surface area contributed by atoms with Crippen LogP contribution in [0.25, 0.3) is 11.5 Å². The molecule has 3 aromatic carbocycles. The molecule has 4 aromatic rings. The smallest absolute Gasteiger partial charge is 0.438 e. The van der Waals surface area contributed by atoms with Gasteiger partial charge in [0.15, 0.2) is 5.76 Å². The fourth-order valence-electron chi connectivity index (χ4n) is 3.40. The van der Waals surface area contributed by atoms with E-state index in [-0.39, 0.29) is 22.1 Å². The fraction of sp³-hybridized carbons (Fsp3) is 0.125. The van der Waals surface area contributed by atoms with Crippen molar-refractivity contribution in [1.29, 1.82) is 0 Å². The number of aromatic nitrogens is 1. The van der Waals surface area contributed by atoms with Crippen molar-refractivity contribution < 1.29 is 30.7 Å². The van der Waals surface area contributed by atoms with Gasteiger partial charge in [0.1, 0.15) is 5.75 Å². The summed E-state index contributed by atoms with van der Waals surface area (Å²) in [5, 5.41) is -0.411. The number of halogens is 3. The molecule has 0 saturated carbocycles. The Balaban J connectivity index is 1.86. The van der Waals surface area contributed by atoms with E-state index in [0.29, 0.717) is 5.56 Å². The summed E-state index contributed by atoms with van der Waals surface area (Å²) in [5.74, 6) is -0.668. The highest BCUT2D eigenvalue weighted by atomic mass is 32.2. The molecule has 4 rings (SSSR count). The Morgan fingerprint density at radius 3 is 2.32 bits per heavy atom. The predicted octanol–water partition coefficient (Wildman–Crippen LogP) is 5.43. The molecule has 0 aliphatic heterocycles. The van der Waals surface area contributed by atoms with E-state index in [4.69, 9.17) is 10.2 Å². The van der Waals surface area contributed by atoms with Crippen molar-refractivity contribution in [3.63, 3.8) is 0 Å². The van der Waals surface area contributed by atoms with Gasteiger partial charge in [0, 0.05) is 5.56 Å². The second-order valence-electron chi connectivity index (χ2n) is 7.42. The first-order valence-corrected chi connectivity index (χ1v) is 11.5. The molecule has 0 amide bonds. The molecule has 0 aliphatic rings. The third kappa shape index (κ3) is 4.82. The highest BCUT2D eigenvalue weighted by Crippen LogP contribution is 2.36. The number of sulfone groups is 1. The summed E-state index contributed by atoms with van der Waals surface area (Å²) >= 11 is 0. The van der Waals surface area contributed by atoms with Crippen LogP contribution in [0, 0.1) is 6.92 Å². The predicted molar refractivity (Wildman–Crippen MR) is 118 cm³/mol. The number of nitrogens with two attached hydrogens (primary N) is 1. The molecule has 0 saturated heterocycles. The number of benzene rings is 3. The van der Waals surface area contributed by atoms with E-state index in [0.717, 1.165) is 17.7 Å². The molecule has 0 aliphatic carbocycles. The minimum atomic E-state index is -4.89. The van der Waals surface area contributed by atoms with E-state index in [9.17, 15) is 21.6 Å². The van der Waals surface area contributed by atoms with Crippen molar-refractivity contribution in [2.75, 3.05) is 0 Å². The minimum absolute atomic E-state index is 0.0257. The highest BCUT2D eigenvalue weighted by molar-refractivity contribution is 7.91. The summed E-state index contributed by atoms with van der Waals surface area (Å²) in [6, 6.07) is 18.4. The number of nitrogens with zero attached hydrogens (tertiary/aromatic N) is 1. The van der Waals surface area contributed by atoms with Gasteiger partial charge < -0.3 is 14.9 Å². The average molecular weight is 488 g/mol. The van der Waals surface area contributed by atoms with Gasteiger partial charge in [-0.15, -0.1) is 13.2 Å². The highest BCUT2D eigenvalue weighted by Gasteiger charge is 2.34.